The first-order valence-corrected chi connectivity index (χ1v) is 10.4. The van der Waals surface area contributed by atoms with Crippen LogP contribution in [0.25, 0.3) is 0 Å². The van der Waals surface area contributed by atoms with E-state index in [2.05, 4.69) is 13.5 Å². The normalized spacial score (nSPS) is 55.2. The van der Waals surface area contributed by atoms with Crippen molar-refractivity contribution < 1.29 is 29.6 Å². The number of carbonyl (C=O) groups excluding carboxylic acids is 2. The summed E-state index contributed by atoms with van der Waals surface area (Å²) in [7, 11) is 0. The van der Waals surface area contributed by atoms with E-state index in [0.29, 0.717) is 18.4 Å². The minimum Gasteiger partial charge on any atom is -0.457 e. The Morgan fingerprint density at radius 2 is 1.86 bits per heavy atom. The standard InChI is InChI=1S/C22H32O6/c1-11-17-13(25)8-15-21(4)7-5-6-20(3,10-23)14(21)9-16(26)22(15,18(17)27)19(11)28-12(2)24/h10,13-19,25-27H,1,5-9H2,2-4H3/t13-,14+,15-,16+,17+,18+,19+,20+,21+,22-/m0/s1. The lowest BCUT2D eigenvalue weighted by Crippen LogP contribution is -2.69. The van der Waals surface area contributed by atoms with Crippen molar-refractivity contribution in [3.8, 4) is 0 Å². The van der Waals surface area contributed by atoms with E-state index in [4.69, 9.17) is 4.74 Å². The van der Waals surface area contributed by atoms with Crippen LogP contribution in [0.1, 0.15) is 52.9 Å². The number of rotatable bonds is 2. The Bertz CT molecular complexity index is 720. The van der Waals surface area contributed by atoms with Gasteiger partial charge in [0, 0.05) is 18.3 Å². The maximum atomic E-state index is 12.0. The van der Waals surface area contributed by atoms with Crippen molar-refractivity contribution in [2.45, 2.75) is 77.3 Å². The number of aliphatic hydroxyl groups is 3. The Labute approximate surface area is 166 Å². The second-order valence-corrected chi connectivity index (χ2v) is 10.2. The van der Waals surface area contributed by atoms with Crippen molar-refractivity contribution >= 4 is 12.3 Å². The van der Waals surface area contributed by atoms with Crippen molar-refractivity contribution in [2.75, 3.05) is 0 Å². The molecule has 3 N–H and O–H groups in total. The molecule has 4 rings (SSSR count). The zero-order valence-electron chi connectivity index (χ0n) is 16.9. The number of esters is 1. The fourth-order valence-electron chi connectivity index (χ4n) is 7.87. The van der Waals surface area contributed by atoms with Crippen LogP contribution >= 0.6 is 0 Å². The molecule has 10 atom stereocenters. The Hall–Kier alpha value is -1.24. The van der Waals surface area contributed by atoms with Crippen LogP contribution in [0.15, 0.2) is 12.2 Å². The highest BCUT2D eigenvalue weighted by Crippen LogP contribution is 2.72. The molecule has 4 saturated carbocycles. The number of ether oxygens (including phenoxy) is 1. The third kappa shape index (κ3) is 2.20. The highest BCUT2D eigenvalue weighted by Gasteiger charge is 2.76. The average molecular weight is 392 g/mol. The van der Waals surface area contributed by atoms with E-state index in [9.17, 15) is 24.9 Å². The molecule has 4 aliphatic carbocycles. The highest BCUT2D eigenvalue weighted by atomic mass is 16.5. The minimum absolute atomic E-state index is 0.0559. The van der Waals surface area contributed by atoms with E-state index in [-0.39, 0.29) is 17.3 Å². The van der Waals surface area contributed by atoms with Crippen LogP contribution in [-0.4, -0.2) is 52.0 Å². The van der Waals surface area contributed by atoms with Gasteiger partial charge in [-0.15, -0.1) is 0 Å². The van der Waals surface area contributed by atoms with Crippen molar-refractivity contribution in [2.24, 2.45) is 34.0 Å². The molecule has 1 spiro atoms. The Kier molecular flexibility index (Phi) is 4.39. The smallest absolute Gasteiger partial charge is 0.303 e. The molecular weight excluding hydrogens is 360 g/mol. The van der Waals surface area contributed by atoms with Gasteiger partial charge >= 0.3 is 5.97 Å². The monoisotopic (exact) mass is 392 g/mol. The van der Waals surface area contributed by atoms with Gasteiger partial charge in [0.05, 0.1) is 23.7 Å². The minimum atomic E-state index is -1.08. The number of fused-ring (bicyclic) bond motifs is 3. The molecule has 6 heteroatoms. The van der Waals surface area contributed by atoms with Crippen molar-refractivity contribution in [3.63, 3.8) is 0 Å². The van der Waals surface area contributed by atoms with E-state index in [0.717, 1.165) is 25.5 Å². The molecule has 0 aromatic carbocycles. The second-order valence-electron chi connectivity index (χ2n) is 10.2. The summed E-state index contributed by atoms with van der Waals surface area (Å²) in [6, 6.07) is 0. The van der Waals surface area contributed by atoms with Gasteiger partial charge in [-0.2, -0.15) is 0 Å². The molecule has 0 aliphatic heterocycles. The molecule has 0 saturated heterocycles. The van der Waals surface area contributed by atoms with Crippen LogP contribution in [-0.2, 0) is 14.3 Å². The molecule has 6 nitrogen and oxygen atoms in total. The number of hydrogen-bond donors (Lipinski definition) is 3. The van der Waals surface area contributed by atoms with Gasteiger partial charge in [-0.3, -0.25) is 4.79 Å². The Morgan fingerprint density at radius 3 is 2.46 bits per heavy atom. The summed E-state index contributed by atoms with van der Waals surface area (Å²) in [5.41, 5.74) is -1.50. The predicted octanol–water partition coefficient (Wildman–Crippen LogP) is 1.61. The van der Waals surface area contributed by atoms with Crippen LogP contribution in [0.3, 0.4) is 0 Å². The second kappa shape index (κ2) is 6.13. The van der Waals surface area contributed by atoms with Crippen molar-refractivity contribution in [1.82, 2.24) is 0 Å². The number of aliphatic hydroxyl groups excluding tert-OH is 3. The number of carbonyl (C=O) groups is 2. The first kappa shape index (κ1) is 20.0. The van der Waals surface area contributed by atoms with Crippen molar-refractivity contribution in [3.05, 3.63) is 12.2 Å². The van der Waals surface area contributed by atoms with E-state index in [1.54, 1.807) is 0 Å². The zero-order chi connectivity index (χ0) is 20.6. The van der Waals surface area contributed by atoms with Gasteiger partial charge in [-0.1, -0.05) is 26.8 Å². The Morgan fingerprint density at radius 1 is 1.18 bits per heavy atom. The highest BCUT2D eigenvalue weighted by molar-refractivity contribution is 5.67. The van der Waals surface area contributed by atoms with Crippen LogP contribution in [0, 0.1) is 34.0 Å². The average Bonchev–Trinajstić information content (AvgIpc) is 2.75. The molecule has 4 aliphatic rings. The van der Waals surface area contributed by atoms with Crippen LogP contribution in [0.2, 0.25) is 0 Å². The molecule has 0 radical (unpaired) electrons. The molecule has 2 bridgehead atoms. The number of aldehydes is 1. The molecule has 0 aromatic heterocycles. The van der Waals surface area contributed by atoms with E-state index in [1.807, 2.05) is 6.92 Å². The van der Waals surface area contributed by atoms with Crippen LogP contribution in [0.5, 0.6) is 0 Å². The number of hydrogen-bond acceptors (Lipinski definition) is 6. The largest absolute Gasteiger partial charge is 0.457 e. The Balaban J connectivity index is 1.89. The summed E-state index contributed by atoms with van der Waals surface area (Å²) in [6.45, 7) is 9.46. The molecule has 0 amide bonds. The van der Waals surface area contributed by atoms with E-state index < -0.39 is 47.1 Å². The van der Waals surface area contributed by atoms with Crippen molar-refractivity contribution in [1.29, 1.82) is 0 Å². The van der Waals surface area contributed by atoms with Gasteiger partial charge in [0.25, 0.3) is 0 Å². The lowest BCUT2D eigenvalue weighted by molar-refractivity contribution is -0.263. The summed E-state index contributed by atoms with van der Waals surface area (Å²) in [4.78, 5) is 23.9. The lowest BCUT2D eigenvalue weighted by atomic mass is 9.39. The first-order valence-electron chi connectivity index (χ1n) is 10.4. The SMILES string of the molecule is C=C1[C@H]2[C@@H](O)[C@]3([C@H](O)C[C@H]4[C@@](C)(CCC[C@]4(C)C=O)[C@@H]3C[C@@H]2O)[C@@H]1OC(C)=O. The summed E-state index contributed by atoms with van der Waals surface area (Å²) < 4.78 is 5.65. The molecule has 0 unspecified atom stereocenters. The molecule has 156 valence electrons. The molecule has 0 heterocycles. The van der Waals surface area contributed by atoms with Crippen LogP contribution in [0.4, 0.5) is 0 Å². The van der Waals surface area contributed by atoms with Gasteiger partial charge in [-0.05, 0) is 48.5 Å². The maximum Gasteiger partial charge on any atom is 0.303 e. The van der Waals surface area contributed by atoms with Gasteiger partial charge in [-0.25, -0.2) is 0 Å². The third-order valence-corrected chi connectivity index (χ3v) is 8.97. The summed E-state index contributed by atoms with van der Waals surface area (Å²) >= 11 is 0. The predicted molar refractivity (Wildman–Crippen MR) is 101 cm³/mol. The summed E-state index contributed by atoms with van der Waals surface area (Å²) in [6.07, 6.45) is 0.676. The maximum absolute atomic E-state index is 12.0. The zero-order valence-corrected chi connectivity index (χ0v) is 16.9. The lowest BCUT2D eigenvalue weighted by Gasteiger charge is -2.66. The van der Waals surface area contributed by atoms with Gasteiger partial charge in [0.15, 0.2) is 0 Å². The fraction of sp³-hybridized carbons (Fsp3) is 0.818. The third-order valence-electron chi connectivity index (χ3n) is 8.97. The summed E-state index contributed by atoms with van der Waals surface area (Å²) in [5.74, 6) is -1.44. The van der Waals surface area contributed by atoms with Gasteiger partial charge in [0.2, 0.25) is 0 Å². The van der Waals surface area contributed by atoms with E-state index >= 15 is 0 Å². The van der Waals surface area contributed by atoms with Gasteiger partial charge < -0.3 is 24.9 Å². The fourth-order valence-corrected chi connectivity index (χ4v) is 7.87. The summed E-state index contributed by atoms with van der Waals surface area (Å²) in [5, 5.41) is 33.7. The van der Waals surface area contributed by atoms with Gasteiger partial charge in [0.1, 0.15) is 12.4 Å². The van der Waals surface area contributed by atoms with E-state index in [1.165, 1.54) is 6.92 Å². The quantitative estimate of drug-likeness (QED) is 0.375. The topological polar surface area (TPSA) is 104 Å². The molecule has 0 aromatic rings. The first-order chi connectivity index (χ1) is 13.0. The van der Waals surface area contributed by atoms with Crippen LogP contribution < -0.4 is 0 Å². The molecule has 28 heavy (non-hydrogen) atoms. The molecule has 4 fully saturated rings. The molecular formula is C22H32O6.